The van der Waals surface area contributed by atoms with E-state index in [2.05, 4.69) is 5.32 Å². The molecule has 1 fully saturated rings. The predicted molar refractivity (Wildman–Crippen MR) is 98.4 cm³/mol. The summed E-state index contributed by atoms with van der Waals surface area (Å²) in [5.41, 5.74) is 2.29. The minimum atomic E-state index is -0.162. The van der Waals surface area contributed by atoms with Crippen molar-refractivity contribution in [1.82, 2.24) is 0 Å². The molecule has 6 heteroatoms. The molecule has 0 radical (unpaired) electrons. The van der Waals surface area contributed by atoms with Gasteiger partial charge in [-0.3, -0.25) is 9.59 Å². The average molecular weight is 359 g/mol. The van der Waals surface area contributed by atoms with Crippen molar-refractivity contribution in [3.63, 3.8) is 0 Å². The number of halogens is 1. The molecule has 2 amide bonds. The maximum absolute atomic E-state index is 12.3. The monoisotopic (exact) mass is 358 g/mol. The van der Waals surface area contributed by atoms with Crippen molar-refractivity contribution in [2.45, 2.75) is 19.3 Å². The van der Waals surface area contributed by atoms with Crippen LogP contribution in [0.1, 0.15) is 18.4 Å². The summed E-state index contributed by atoms with van der Waals surface area (Å²) in [6, 6.07) is 12.6. The first-order valence-corrected chi connectivity index (χ1v) is 8.47. The molecule has 0 aromatic heterocycles. The van der Waals surface area contributed by atoms with Crippen LogP contribution in [-0.2, 0) is 16.0 Å². The van der Waals surface area contributed by atoms with E-state index in [9.17, 15) is 9.59 Å². The van der Waals surface area contributed by atoms with Crippen LogP contribution in [0.4, 0.5) is 11.4 Å². The lowest BCUT2D eigenvalue weighted by Crippen LogP contribution is -2.23. The summed E-state index contributed by atoms with van der Waals surface area (Å²) in [6.45, 7) is 0.757. The van der Waals surface area contributed by atoms with Crippen LogP contribution in [-0.4, -0.2) is 25.5 Å². The molecule has 25 heavy (non-hydrogen) atoms. The van der Waals surface area contributed by atoms with Gasteiger partial charge < -0.3 is 15.0 Å². The number of nitrogens with zero attached hydrogens (tertiary/aromatic N) is 1. The molecule has 1 N–H and O–H groups in total. The Balaban J connectivity index is 1.65. The lowest BCUT2D eigenvalue weighted by atomic mass is 10.1. The highest BCUT2D eigenvalue weighted by Gasteiger charge is 2.21. The maximum Gasteiger partial charge on any atom is 0.228 e. The van der Waals surface area contributed by atoms with Gasteiger partial charge in [0.05, 0.1) is 19.2 Å². The zero-order valence-electron chi connectivity index (χ0n) is 13.9. The van der Waals surface area contributed by atoms with E-state index in [1.807, 2.05) is 24.3 Å². The van der Waals surface area contributed by atoms with Gasteiger partial charge in [-0.2, -0.15) is 0 Å². The largest absolute Gasteiger partial charge is 0.495 e. The van der Waals surface area contributed by atoms with Crippen LogP contribution in [0.25, 0.3) is 0 Å². The molecule has 0 saturated carbocycles. The smallest absolute Gasteiger partial charge is 0.228 e. The van der Waals surface area contributed by atoms with Crippen molar-refractivity contribution in [1.29, 1.82) is 0 Å². The number of benzene rings is 2. The fraction of sp³-hybridized carbons (Fsp3) is 0.263. The lowest BCUT2D eigenvalue weighted by Gasteiger charge is -2.16. The summed E-state index contributed by atoms with van der Waals surface area (Å²) in [4.78, 5) is 25.8. The summed E-state index contributed by atoms with van der Waals surface area (Å²) < 4.78 is 5.22. The molecule has 0 bridgehead atoms. The molecule has 2 aromatic carbocycles. The minimum Gasteiger partial charge on any atom is -0.495 e. The summed E-state index contributed by atoms with van der Waals surface area (Å²) in [5.74, 6) is 0.546. The predicted octanol–water partition coefficient (Wildman–Crippen LogP) is 3.66. The van der Waals surface area contributed by atoms with Crippen LogP contribution in [0, 0.1) is 0 Å². The number of nitrogens with one attached hydrogen (secondary N) is 1. The molecule has 0 aliphatic carbocycles. The summed E-state index contributed by atoms with van der Waals surface area (Å²) >= 11 is 5.97. The zero-order chi connectivity index (χ0) is 17.8. The van der Waals surface area contributed by atoms with Gasteiger partial charge >= 0.3 is 0 Å². The third kappa shape index (κ3) is 4.12. The highest BCUT2D eigenvalue weighted by Crippen LogP contribution is 2.28. The zero-order valence-corrected chi connectivity index (χ0v) is 14.7. The van der Waals surface area contributed by atoms with Gasteiger partial charge in [-0.1, -0.05) is 23.7 Å². The van der Waals surface area contributed by atoms with Crippen molar-refractivity contribution in [3.8, 4) is 5.75 Å². The molecule has 0 atom stereocenters. The van der Waals surface area contributed by atoms with E-state index in [4.69, 9.17) is 16.3 Å². The highest BCUT2D eigenvalue weighted by molar-refractivity contribution is 6.31. The Morgan fingerprint density at radius 2 is 2.00 bits per heavy atom. The Labute approximate surface area is 151 Å². The lowest BCUT2D eigenvalue weighted by molar-refractivity contribution is -0.117. The third-order valence-corrected chi connectivity index (χ3v) is 4.36. The topological polar surface area (TPSA) is 58.6 Å². The van der Waals surface area contributed by atoms with Gasteiger partial charge in [-0.15, -0.1) is 0 Å². The van der Waals surface area contributed by atoms with Gasteiger partial charge in [0.2, 0.25) is 11.8 Å². The second-order valence-electron chi connectivity index (χ2n) is 5.88. The van der Waals surface area contributed by atoms with Crippen LogP contribution in [0.5, 0.6) is 5.75 Å². The van der Waals surface area contributed by atoms with Gasteiger partial charge in [-0.05, 0) is 42.3 Å². The molecule has 1 heterocycles. The standard InChI is InChI=1S/C19H19ClN2O3/c1-25-17-9-6-14(20)12-16(17)21-18(23)11-13-4-7-15(8-5-13)22-10-2-3-19(22)24/h4-9,12H,2-3,10-11H2,1H3,(H,21,23). The third-order valence-electron chi connectivity index (χ3n) is 4.12. The first kappa shape index (κ1) is 17.3. The number of ether oxygens (including phenoxy) is 1. The number of methoxy groups -OCH3 is 1. The van der Waals surface area contributed by atoms with E-state index < -0.39 is 0 Å². The van der Waals surface area contributed by atoms with Crippen LogP contribution in [0.2, 0.25) is 5.02 Å². The molecule has 2 aromatic rings. The number of carbonyl (C=O) groups excluding carboxylic acids is 2. The van der Waals surface area contributed by atoms with Gasteiger partial charge in [-0.25, -0.2) is 0 Å². The molecular formula is C19H19ClN2O3. The normalized spacial score (nSPS) is 13.8. The van der Waals surface area contributed by atoms with Crippen LogP contribution < -0.4 is 15.0 Å². The fourth-order valence-corrected chi connectivity index (χ4v) is 3.04. The van der Waals surface area contributed by atoms with Crippen molar-refractivity contribution in [3.05, 3.63) is 53.1 Å². The molecule has 0 spiro atoms. The van der Waals surface area contributed by atoms with Gasteiger partial charge in [0.1, 0.15) is 5.75 Å². The minimum absolute atomic E-state index is 0.151. The Hall–Kier alpha value is -2.53. The highest BCUT2D eigenvalue weighted by atomic mass is 35.5. The number of hydrogen-bond donors (Lipinski definition) is 1. The SMILES string of the molecule is COc1ccc(Cl)cc1NC(=O)Cc1ccc(N2CCCC2=O)cc1. The van der Waals surface area contributed by atoms with E-state index in [-0.39, 0.29) is 18.2 Å². The molecule has 3 rings (SSSR count). The van der Waals surface area contributed by atoms with E-state index >= 15 is 0 Å². The molecule has 0 unspecified atom stereocenters. The molecule has 130 valence electrons. The number of rotatable bonds is 5. The first-order chi connectivity index (χ1) is 12.1. The summed E-state index contributed by atoms with van der Waals surface area (Å²) in [6.07, 6.45) is 1.72. The number of carbonyl (C=O) groups is 2. The van der Waals surface area contributed by atoms with Gasteiger partial charge in [0.25, 0.3) is 0 Å². The Kier molecular flexibility index (Phi) is 5.24. The average Bonchev–Trinajstić information content (AvgIpc) is 3.02. The van der Waals surface area contributed by atoms with Gasteiger partial charge in [0.15, 0.2) is 0 Å². The Morgan fingerprint density at radius 1 is 1.24 bits per heavy atom. The first-order valence-electron chi connectivity index (χ1n) is 8.09. The van der Waals surface area contributed by atoms with E-state index in [0.717, 1.165) is 24.2 Å². The van der Waals surface area contributed by atoms with E-state index in [1.165, 1.54) is 7.11 Å². The Morgan fingerprint density at radius 3 is 2.64 bits per heavy atom. The number of anilines is 2. The van der Waals surface area contributed by atoms with Crippen LogP contribution in [0.3, 0.4) is 0 Å². The summed E-state index contributed by atoms with van der Waals surface area (Å²) in [5, 5.41) is 3.34. The Bertz CT molecular complexity index is 790. The second-order valence-corrected chi connectivity index (χ2v) is 6.32. The van der Waals surface area contributed by atoms with Crippen LogP contribution in [0.15, 0.2) is 42.5 Å². The molecule has 1 aliphatic heterocycles. The van der Waals surface area contributed by atoms with Crippen molar-refractivity contribution in [2.24, 2.45) is 0 Å². The summed E-state index contributed by atoms with van der Waals surface area (Å²) in [7, 11) is 1.54. The van der Waals surface area contributed by atoms with Gasteiger partial charge in [0, 0.05) is 23.7 Å². The molecule has 1 aliphatic rings. The fourth-order valence-electron chi connectivity index (χ4n) is 2.87. The van der Waals surface area contributed by atoms with Crippen molar-refractivity contribution in [2.75, 3.05) is 23.9 Å². The quantitative estimate of drug-likeness (QED) is 0.887. The van der Waals surface area contributed by atoms with E-state index in [1.54, 1.807) is 23.1 Å². The maximum atomic E-state index is 12.3. The molecule has 1 saturated heterocycles. The van der Waals surface area contributed by atoms with Crippen molar-refractivity contribution >= 4 is 34.8 Å². The molecule has 5 nitrogen and oxygen atoms in total. The van der Waals surface area contributed by atoms with Crippen LogP contribution >= 0.6 is 11.6 Å². The second kappa shape index (κ2) is 7.57. The number of amides is 2. The van der Waals surface area contributed by atoms with Crippen molar-refractivity contribution < 1.29 is 14.3 Å². The molecular weight excluding hydrogens is 340 g/mol. The number of hydrogen-bond acceptors (Lipinski definition) is 3. The van der Waals surface area contributed by atoms with E-state index in [0.29, 0.717) is 22.9 Å².